The normalized spacial score (nSPS) is 12.8. The predicted molar refractivity (Wildman–Crippen MR) is 88.1 cm³/mol. The largest absolute Gasteiger partial charge is 0.491 e. The van der Waals surface area contributed by atoms with Crippen LogP contribution in [0.15, 0.2) is 48.5 Å². The van der Waals surface area contributed by atoms with Gasteiger partial charge in [0.2, 0.25) is 6.79 Å². The molecular weight excluding hydrogens is 292 g/mol. The minimum atomic E-state index is -0.0780. The lowest BCUT2D eigenvalue weighted by atomic mass is 10.1. The average Bonchev–Trinajstić information content (AvgIpc) is 3.01. The van der Waals surface area contributed by atoms with E-state index in [1.165, 1.54) is 0 Å². The van der Waals surface area contributed by atoms with Gasteiger partial charge in [-0.15, -0.1) is 0 Å². The Morgan fingerprint density at radius 1 is 1.09 bits per heavy atom. The van der Waals surface area contributed by atoms with E-state index in [2.05, 4.69) is 0 Å². The summed E-state index contributed by atoms with van der Waals surface area (Å²) in [6.07, 6.45) is 3.48. The van der Waals surface area contributed by atoms with Gasteiger partial charge in [0.25, 0.3) is 0 Å². The third-order valence-corrected chi connectivity index (χ3v) is 3.34. The van der Waals surface area contributed by atoms with Gasteiger partial charge in [0.1, 0.15) is 5.75 Å². The molecule has 1 aliphatic heterocycles. The van der Waals surface area contributed by atoms with Crippen molar-refractivity contribution in [3.63, 3.8) is 0 Å². The first-order valence-corrected chi connectivity index (χ1v) is 7.50. The highest BCUT2D eigenvalue weighted by atomic mass is 16.7. The molecule has 0 N–H and O–H groups in total. The number of carbonyl (C=O) groups is 1. The molecule has 3 rings (SSSR count). The topological polar surface area (TPSA) is 44.8 Å². The second-order valence-electron chi connectivity index (χ2n) is 5.50. The smallest absolute Gasteiger partial charge is 0.231 e. The Morgan fingerprint density at radius 2 is 1.83 bits per heavy atom. The molecule has 0 bridgehead atoms. The molecule has 4 nitrogen and oxygen atoms in total. The number of rotatable bonds is 5. The van der Waals surface area contributed by atoms with Crippen molar-refractivity contribution in [3.8, 4) is 17.2 Å². The quantitative estimate of drug-likeness (QED) is 0.616. The standard InChI is InChI=1S/C19H18O4/c1-13(2)23-16-7-3-14(4-8-16)5-9-17(20)15-6-10-18-19(11-15)22-12-21-18/h3-11,13H,12H2,1-2H3/b9-5+. The van der Waals surface area contributed by atoms with Gasteiger partial charge in [0.05, 0.1) is 6.10 Å². The summed E-state index contributed by atoms with van der Waals surface area (Å²) in [6.45, 7) is 4.17. The highest BCUT2D eigenvalue weighted by molar-refractivity contribution is 6.07. The summed E-state index contributed by atoms with van der Waals surface area (Å²) >= 11 is 0. The van der Waals surface area contributed by atoms with E-state index in [1.807, 2.05) is 38.1 Å². The summed E-state index contributed by atoms with van der Waals surface area (Å²) in [6, 6.07) is 12.8. The molecule has 1 heterocycles. The Morgan fingerprint density at radius 3 is 2.57 bits per heavy atom. The fourth-order valence-electron chi connectivity index (χ4n) is 2.25. The Labute approximate surface area is 135 Å². The molecule has 0 aliphatic carbocycles. The van der Waals surface area contributed by atoms with E-state index in [1.54, 1.807) is 30.4 Å². The highest BCUT2D eigenvalue weighted by Gasteiger charge is 2.14. The Bertz CT molecular complexity index is 730. The second-order valence-corrected chi connectivity index (χ2v) is 5.50. The van der Waals surface area contributed by atoms with Gasteiger partial charge in [-0.3, -0.25) is 4.79 Å². The van der Waals surface area contributed by atoms with Gasteiger partial charge in [-0.05, 0) is 55.8 Å². The first kappa shape index (κ1) is 15.2. The van der Waals surface area contributed by atoms with Crippen LogP contribution in [0.1, 0.15) is 29.8 Å². The van der Waals surface area contributed by atoms with Crippen molar-refractivity contribution in [2.75, 3.05) is 6.79 Å². The summed E-state index contributed by atoms with van der Waals surface area (Å²) in [5, 5.41) is 0. The van der Waals surface area contributed by atoms with E-state index in [0.29, 0.717) is 17.1 Å². The summed E-state index contributed by atoms with van der Waals surface area (Å²) in [5.41, 5.74) is 1.51. The zero-order chi connectivity index (χ0) is 16.2. The lowest BCUT2D eigenvalue weighted by Crippen LogP contribution is -2.05. The van der Waals surface area contributed by atoms with Crippen LogP contribution in [-0.4, -0.2) is 18.7 Å². The molecule has 0 atom stereocenters. The number of ether oxygens (including phenoxy) is 3. The van der Waals surface area contributed by atoms with Gasteiger partial charge in [0, 0.05) is 5.56 Å². The van der Waals surface area contributed by atoms with Crippen LogP contribution >= 0.6 is 0 Å². The van der Waals surface area contributed by atoms with E-state index in [0.717, 1.165) is 11.3 Å². The monoisotopic (exact) mass is 310 g/mol. The van der Waals surface area contributed by atoms with Gasteiger partial charge < -0.3 is 14.2 Å². The van der Waals surface area contributed by atoms with Crippen molar-refractivity contribution in [1.82, 2.24) is 0 Å². The molecule has 23 heavy (non-hydrogen) atoms. The molecule has 0 amide bonds. The maximum absolute atomic E-state index is 12.2. The molecule has 0 aromatic heterocycles. The predicted octanol–water partition coefficient (Wildman–Crippen LogP) is 4.10. The molecule has 4 heteroatoms. The van der Waals surface area contributed by atoms with Crippen molar-refractivity contribution in [2.24, 2.45) is 0 Å². The molecule has 118 valence electrons. The number of allylic oxidation sites excluding steroid dienone is 1. The molecule has 0 spiro atoms. The summed E-state index contributed by atoms with van der Waals surface area (Å²) in [4.78, 5) is 12.2. The molecule has 2 aromatic rings. The number of fused-ring (bicyclic) bond motifs is 1. The molecule has 2 aromatic carbocycles. The first-order chi connectivity index (χ1) is 11.1. The Hall–Kier alpha value is -2.75. The molecule has 0 radical (unpaired) electrons. The van der Waals surface area contributed by atoms with E-state index in [4.69, 9.17) is 14.2 Å². The van der Waals surface area contributed by atoms with Crippen LogP contribution in [0.4, 0.5) is 0 Å². The van der Waals surface area contributed by atoms with E-state index in [9.17, 15) is 4.79 Å². The average molecular weight is 310 g/mol. The van der Waals surface area contributed by atoms with Crippen LogP contribution in [0.3, 0.4) is 0 Å². The Kier molecular flexibility index (Phi) is 4.33. The van der Waals surface area contributed by atoms with Crippen molar-refractivity contribution < 1.29 is 19.0 Å². The molecular formula is C19H18O4. The molecule has 1 aliphatic rings. The van der Waals surface area contributed by atoms with Crippen LogP contribution in [0.25, 0.3) is 6.08 Å². The number of ketones is 1. The van der Waals surface area contributed by atoms with Gasteiger partial charge >= 0.3 is 0 Å². The minimum absolute atomic E-state index is 0.0780. The van der Waals surface area contributed by atoms with Gasteiger partial charge in [-0.25, -0.2) is 0 Å². The number of benzene rings is 2. The number of carbonyl (C=O) groups excluding carboxylic acids is 1. The van der Waals surface area contributed by atoms with Crippen molar-refractivity contribution in [1.29, 1.82) is 0 Å². The maximum atomic E-state index is 12.2. The zero-order valence-electron chi connectivity index (χ0n) is 13.1. The second kappa shape index (κ2) is 6.57. The van der Waals surface area contributed by atoms with Crippen molar-refractivity contribution >= 4 is 11.9 Å². The number of hydrogen-bond acceptors (Lipinski definition) is 4. The summed E-state index contributed by atoms with van der Waals surface area (Å²) in [5.74, 6) is 2.02. The van der Waals surface area contributed by atoms with Crippen LogP contribution in [-0.2, 0) is 0 Å². The van der Waals surface area contributed by atoms with Crippen molar-refractivity contribution in [2.45, 2.75) is 20.0 Å². The van der Waals surface area contributed by atoms with Crippen LogP contribution in [0.5, 0.6) is 17.2 Å². The lowest BCUT2D eigenvalue weighted by molar-refractivity contribution is 0.104. The van der Waals surface area contributed by atoms with Gasteiger partial charge in [-0.1, -0.05) is 18.2 Å². The minimum Gasteiger partial charge on any atom is -0.491 e. The van der Waals surface area contributed by atoms with Gasteiger partial charge in [-0.2, -0.15) is 0 Å². The van der Waals surface area contributed by atoms with E-state index in [-0.39, 0.29) is 18.7 Å². The molecule has 0 saturated heterocycles. The summed E-state index contributed by atoms with van der Waals surface area (Å²) < 4.78 is 16.1. The molecule has 0 unspecified atom stereocenters. The fraction of sp³-hybridized carbons (Fsp3) is 0.211. The van der Waals surface area contributed by atoms with E-state index < -0.39 is 0 Å². The van der Waals surface area contributed by atoms with Crippen LogP contribution in [0, 0.1) is 0 Å². The first-order valence-electron chi connectivity index (χ1n) is 7.50. The molecule has 0 saturated carbocycles. The van der Waals surface area contributed by atoms with Crippen molar-refractivity contribution in [3.05, 3.63) is 59.7 Å². The number of hydrogen-bond donors (Lipinski definition) is 0. The SMILES string of the molecule is CC(C)Oc1ccc(/C=C/C(=O)c2ccc3c(c2)OCO3)cc1. The third kappa shape index (κ3) is 3.72. The summed E-state index contributed by atoms with van der Waals surface area (Å²) in [7, 11) is 0. The highest BCUT2D eigenvalue weighted by Crippen LogP contribution is 2.32. The molecule has 0 fully saturated rings. The third-order valence-electron chi connectivity index (χ3n) is 3.34. The van der Waals surface area contributed by atoms with Gasteiger partial charge in [0.15, 0.2) is 17.3 Å². The maximum Gasteiger partial charge on any atom is 0.231 e. The van der Waals surface area contributed by atoms with Crippen LogP contribution in [0.2, 0.25) is 0 Å². The van der Waals surface area contributed by atoms with Crippen LogP contribution < -0.4 is 14.2 Å². The Balaban J connectivity index is 1.68. The zero-order valence-corrected chi connectivity index (χ0v) is 13.1. The lowest BCUT2D eigenvalue weighted by Gasteiger charge is -2.09. The van der Waals surface area contributed by atoms with E-state index >= 15 is 0 Å². The fourth-order valence-corrected chi connectivity index (χ4v) is 2.25.